The summed E-state index contributed by atoms with van der Waals surface area (Å²) < 4.78 is 0. The van der Waals surface area contributed by atoms with Gasteiger partial charge in [0.05, 0.1) is 28.3 Å². The van der Waals surface area contributed by atoms with Crippen molar-refractivity contribution >= 4 is 45.6 Å². The van der Waals surface area contributed by atoms with E-state index in [2.05, 4.69) is 31.7 Å². The molecule has 1 fully saturated rings. The highest BCUT2D eigenvalue weighted by Crippen LogP contribution is 2.34. The Balaban J connectivity index is 1.58. The Kier molecular flexibility index (Phi) is 5.64. The predicted octanol–water partition coefficient (Wildman–Crippen LogP) is 3.94. The highest BCUT2D eigenvalue weighted by molar-refractivity contribution is 7.18. The summed E-state index contributed by atoms with van der Waals surface area (Å²) >= 11 is 7.60. The van der Waals surface area contributed by atoms with Crippen LogP contribution >= 0.6 is 22.9 Å². The predicted molar refractivity (Wildman–Crippen MR) is 117 cm³/mol. The average molecular weight is 429 g/mol. The number of hydrogen-bond acceptors (Lipinski definition) is 7. The van der Waals surface area contributed by atoms with Crippen molar-refractivity contribution < 1.29 is 4.79 Å². The average Bonchev–Trinajstić information content (AvgIpc) is 3.07. The fraction of sp³-hybridized carbons (Fsp3) is 0.300. The normalized spacial score (nSPS) is 14.4. The van der Waals surface area contributed by atoms with Gasteiger partial charge in [0.1, 0.15) is 0 Å². The monoisotopic (exact) mass is 428 g/mol. The van der Waals surface area contributed by atoms with E-state index in [0.717, 1.165) is 45.5 Å². The van der Waals surface area contributed by atoms with Gasteiger partial charge in [-0.2, -0.15) is 0 Å². The van der Waals surface area contributed by atoms with Crippen LogP contribution in [0.1, 0.15) is 17.7 Å². The number of rotatable bonds is 4. The minimum absolute atomic E-state index is 0.0412. The van der Waals surface area contributed by atoms with Crippen molar-refractivity contribution in [2.24, 2.45) is 0 Å². The molecule has 0 radical (unpaired) electrons. The van der Waals surface area contributed by atoms with Gasteiger partial charge in [0, 0.05) is 25.0 Å². The second-order valence-electron chi connectivity index (χ2n) is 6.97. The number of halogens is 1. The van der Waals surface area contributed by atoms with Crippen LogP contribution in [0.4, 0.5) is 16.8 Å². The largest absolute Gasteiger partial charge is 0.354 e. The number of amides is 1. The zero-order chi connectivity index (χ0) is 20.4. The molecule has 9 heteroatoms. The van der Waals surface area contributed by atoms with E-state index in [1.807, 2.05) is 37.1 Å². The Morgan fingerprint density at radius 3 is 2.90 bits per heavy atom. The molecule has 0 unspecified atom stereocenters. The van der Waals surface area contributed by atoms with E-state index < -0.39 is 0 Å². The Bertz CT molecular complexity index is 1050. The van der Waals surface area contributed by atoms with E-state index in [4.69, 9.17) is 11.6 Å². The number of benzene rings is 1. The van der Waals surface area contributed by atoms with Gasteiger partial charge in [-0.15, -0.1) is 0 Å². The topological polar surface area (TPSA) is 83.0 Å². The summed E-state index contributed by atoms with van der Waals surface area (Å²) in [7, 11) is 0. The van der Waals surface area contributed by atoms with Gasteiger partial charge in [0.15, 0.2) is 5.13 Å². The molecule has 1 aliphatic heterocycles. The zero-order valence-electron chi connectivity index (χ0n) is 16.2. The lowest BCUT2D eigenvalue weighted by Gasteiger charge is -2.17. The number of thiazole rings is 1. The molecule has 0 saturated carbocycles. The van der Waals surface area contributed by atoms with Gasteiger partial charge in [0.25, 0.3) is 0 Å². The minimum atomic E-state index is 0.0412. The number of aromatic nitrogens is 3. The first kappa shape index (κ1) is 19.6. The lowest BCUT2D eigenvalue weighted by atomic mass is 10.1. The van der Waals surface area contributed by atoms with Crippen molar-refractivity contribution in [2.75, 3.05) is 29.9 Å². The van der Waals surface area contributed by atoms with Crippen LogP contribution in [0.5, 0.6) is 0 Å². The first-order chi connectivity index (χ1) is 14.0. The molecule has 3 heterocycles. The molecule has 7 nitrogen and oxygen atoms in total. The maximum atomic E-state index is 11.8. The van der Waals surface area contributed by atoms with Crippen LogP contribution in [0.15, 0.2) is 30.6 Å². The SMILES string of the molecule is Cc1cc(Nc2ncc(Cl)c(C)n2)cc(-c2cnc(N3CCCNC(=O)C3)s2)c1. The molecule has 0 spiro atoms. The molecule has 0 atom stereocenters. The van der Waals surface area contributed by atoms with E-state index in [9.17, 15) is 4.79 Å². The van der Waals surface area contributed by atoms with E-state index in [1.165, 1.54) is 0 Å². The summed E-state index contributed by atoms with van der Waals surface area (Å²) in [5.41, 5.74) is 3.79. The molecule has 1 aliphatic rings. The second kappa shape index (κ2) is 8.34. The summed E-state index contributed by atoms with van der Waals surface area (Å²) in [6.07, 6.45) is 4.37. The van der Waals surface area contributed by atoms with Gasteiger partial charge in [0.2, 0.25) is 11.9 Å². The third kappa shape index (κ3) is 4.65. The van der Waals surface area contributed by atoms with Crippen LogP contribution in [0.2, 0.25) is 5.02 Å². The number of anilines is 3. The van der Waals surface area contributed by atoms with Crippen LogP contribution in [-0.2, 0) is 4.79 Å². The maximum Gasteiger partial charge on any atom is 0.239 e. The second-order valence-corrected chi connectivity index (χ2v) is 8.39. The molecular formula is C20H21ClN6OS. The Labute approximate surface area is 178 Å². The lowest BCUT2D eigenvalue weighted by Crippen LogP contribution is -2.32. The molecule has 0 bridgehead atoms. The van der Waals surface area contributed by atoms with Crippen LogP contribution in [-0.4, -0.2) is 40.5 Å². The molecule has 150 valence electrons. The fourth-order valence-electron chi connectivity index (χ4n) is 3.15. The van der Waals surface area contributed by atoms with Crippen LogP contribution < -0.4 is 15.5 Å². The highest BCUT2D eigenvalue weighted by atomic mass is 35.5. The van der Waals surface area contributed by atoms with Gasteiger partial charge < -0.3 is 15.5 Å². The third-order valence-corrected chi connectivity index (χ3v) is 6.04. The summed E-state index contributed by atoms with van der Waals surface area (Å²) in [5.74, 6) is 0.545. The number of carbonyl (C=O) groups excluding carboxylic acids is 1. The first-order valence-electron chi connectivity index (χ1n) is 9.33. The van der Waals surface area contributed by atoms with Gasteiger partial charge in [-0.25, -0.2) is 15.0 Å². The van der Waals surface area contributed by atoms with Gasteiger partial charge in [-0.3, -0.25) is 4.79 Å². The summed E-state index contributed by atoms with van der Waals surface area (Å²) in [6, 6.07) is 6.20. The van der Waals surface area contributed by atoms with E-state index in [0.29, 0.717) is 24.1 Å². The van der Waals surface area contributed by atoms with Gasteiger partial charge in [-0.1, -0.05) is 29.0 Å². The zero-order valence-corrected chi connectivity index (χ0v) is 17.8. The molecule has 2 aromatic heterocycles. The molecular weight excluding hydrogens is 408 g/mol. The minimum Gasteiger partial charge on any atom is -0.354 e. The van der Waals surface area contributed by atoms with Crippen molar-refractivity contribution in [2.45, 2.75) is 20.3 Å². The molecule has 1 aromatic carbocycles. The lowest BCUT2D eigenvalue weighted by molar-refractivity contribution is -0.119. The van der Waals surface area contributed by atoms with E-state index in [1.54, 1.807) is 17.5 Å². The van der Waals surface area contributed by atoms with Crippen LogP contribution in [0.25, 0.3) is 10.4 Å². The quantitative estimate of drug-likeness (QED) is 0.654. The first-order valence-corrected chi connectivity index (χ1v) is 10.5. The van der Waals surface area contributed by atoms with E-state index in [-0.39, 0.29) is 5.91 Å². The summed E-state index contributed by atoms with van der Waals surface area (Å²) in [6.45, 7) is 5.77. The van der Waals surface area contributed by atoms with Crippen molar-refractivity contribution in [1.29, 1.82) is 0 Å². The van der Waals surface area contributed by atoms with Crippen molar-refractivity contribution in [3.63, 3.8) is 0 Å². The number of hydrogen-bond donors (Lipinski definition) is 2. The third-order valence-electron chi connectivity index (χ3n) is 4.56. The molecule has 29 heavy (non-hydrogen) atoms. The fourth-order valence-corrected chi connectivity index (χ4v) is 4.17. The molecule has 1 saturated heterocycles. The molecule has 2 N–H and O–H groups in total. The van der Waals surface area contributed by atoms with Crippen molar-refractivity contribution in [3.05, 3.63) is 46.9 Å². The molecule has 3 aromatic rings. The van der Waals surface area contributed by atoms with E-state index >= 15 is 0 Å². The standard InChI is InChI=1S/C20H21ClN6OS/c1-12-6-14(8-15(7-12)26-19-23-9-16(21)13(2)25-19)17-10-24-20(29-17)27-5-3-4-22-18(28)11-27/h6-10H,3-5,11H2,1-2H3,(H,22,28)(H,23,25,26). The van der Waals surface area contributed by atoms with Crippen molar-refractivity contribution in [1.82, 2.24) is 20.3 Å². The van der Waals surface area contributed by atoms with Crippen molar-refractivity contribution in [3.8, 4) is 10.4 Å². The molecule has 1 amide bonds. The van der Waals surface area contributed by atoms with Gasteiger partial charge in [-0.05, 0) is 43.5 Å². The van der Waals surface area contributed by atoms with Crippen LogP contribution in [0, 0.1) is 13.8 Å². The van der Waals surface area contributed by atoms with Gasteiger partial charge >= 0.3 is 0 Å². The van der Waals surface area contributed by atoms with Crippen LogP contribution in [0.3, 0.4) is 0 Å². The number of carbonyl (C=O) groups is 1. The summed E-state index contributed by atoms with van der Waals surface area (Å²) in [5, 5.41) is 7.55. The summed E-state index contributed by atoms with van der Waals surface area (Å²) in [4.78, 5) is 28.1. The number of nitrogens with zero attached hydrogens (tertiary/aromatic N) is 4. The Hall–Kier alpha value is -2.71. The molecule has 4 rings (SSSR count). The Morgan fingerprint density at radius 1 is 1.21 bits per heavy atom. The smallest absolute Gasteiger partial charge is 0.239 e. The number of aryl methyl sites for hydroxylation is 2. The molecule has 0 aliphatic carbocycles. The Morgan fingerprint density at radius 2 is 2.07 bits per heavy atom. The number of nitrogens with one attached hydrogen (secondary N) is 2. The maximum absolute atomic E-state index is 11.8. The highest BCUT2D eigenvalue weighted by Gasteiger charge is 2.18.